The highest BCUT2D eigenvalue weighted by molar-refractivity contribution is 5.91. The summed E-state index contributed by atoms with van der Waals surface area (Å²) in [5.41, 5.74) is 1.45. The first-order valence-corrected chi connectivity index (χ1v) is 10.6. The van der Waals surface area contributed by atoms with Gasteiger partial charge >= 0.3 is 0 Å². The van der Waals surface area contributed by atoms with Gasteiger partial charge in [0, 0.05) is 41.7 Å². The van der Waals surface area contributed by atoms with Crippen molar-refractivity contribution in [3.8, 4) is 23.1 Å². The molecule has 1 aliphatic rings. The largest absolute Gasteiger partial charge is 0.497 e. The van der Waals surface area contributed by atoms with Crippen LogP contribution in [0.4, 0.5) is 13.2 Å². The molecule has 5 rings (SSSR count). The van der Waals surface area contributed by atoms with Crippen molar-refractivity contribution in [1.82, 2.24) is 19.9 Å². The highest BCUT2D eigenvalue weighted by Gasteiger charge is 2.45. The van der Waals surface area contributed by atoms with Gasteiger partial charge in [-0.05, 0) is 32.2 Å². The van der Waals surface area contributed by atoms with Gasteiger partial charge in [0.25, 0.3) is 5.92 Å². The summed E-state index contributed by atoms with van der Waals surface area (Å²) in [5, 5.41) is 0.379. The zero-order valence-corrected chi connectivity index (χ0v) is 18.4. The summed E-state index contributed by atoms with van der Waals surface area (Å²) in [7, 11) is -1.22. The lowest BCUT2D eigenvalue weighted by Crippen LogP contribution is -2.52. The molecule has 0 spiro atoms. The average molecular weight is 475 g/mol. The number of halogens is 3. The van der Waals surface area contributed by atoms with Gasteiger partial charge in [0.1, 0.15) is 23.2 Å². The topological polar surface area (TPSA) is 72.5 Å². The number of methoxy groups -OCH3 is 1. The van der Waals surface area contributed by atoms with Crippen molar-refractivity contribution in [2.45, 2.75) is 25.4 Å². The number of nitrogens with zero attached hydrogens (tertiary/aromatic N) is 3. The van der Waals surface area contributed by atoms with Crippen LogP contribution >= 0.6 is 0 Å². The molecule has 34 heavy (non-hydrogen) atoms. The minimum atomic E-state index is -3.19. The van der Waals surface area contributed by atoms with Crippen molar-refractivity contribution in [2.75, 3.05) is 27.2 Å². The third-order valence-corrected chi connectivity index (χ3v) is 5.80. The number of piperidine rings is 1. The Labute approximate surface area is 197 Å². The molecule has 2 aromatic heterocycles. The van der Waals surface area contributed by atoms with E-state index in [1.54, 1.807) is 26.1 Å². The van der Waals surface area contributed by atoms with Gasteiger partial charge < -0.3 is 24.1 Å². The molecule has 178 valence electrons. The molecule has 10 heteroatoms. The van der Waals surface area contributed by atoms with Gasteiger partial charge in [-0.2, -0.15) is 0 Å². The number of ether oxygens (including phenoxy) is 3. The van der Waals surface area contributed by atoms with E-state index in [4.69, 9.17) is 18.3 Å². The van der Waals surface area contributed by atoms with E-state index in [9.17, 15) is 8.78 Å². The van der Waals surface area contributed by atoms with E-state index in [1.807, 2.05) is 0 Å². The minimum Gasteiger partial charge on any atom is -0.497 e. The maximum absolute atomic E-state index is 15.2. The molecule has 0 bridgehead atoms. The number of benzene rings is 2. The summed E-state index contributed by atoms with van der Waals surface area (Å²) in [4.78, 5) is 12.7. The van der Waals surface area contributed by atoms with Gasteiger partial charge in [-0.1, -0.05) is 0 Å². The zero-order chi connectivity index (χ0) is 26.5. The Bertz CT molecular complexity index is 1480. The lowest BCUT2D eigenvalue weighted by Gasteiger charge is -2.36. The first-order chi connectivity index (χ1) is 17.4. The smallest absolute Gasteiger partial charge is 0.296 e. The van der Waals surface area contributed by atoms with Crippen LogP contribution in [0.1, 0.15) is 16.2 Å². The van der Waals surface area contributed by atoms with Gasteiger partial charge in [-0.3, -0.25) is 0 Å². The molecular formula is C24H23F3N4O3. The van der Waals surface area contributed by atoms with Crippen molar-refractivity contribution in [3.05, 3.63) is 48.2 Å². The molecule has 2 aromatic carbocycles. The SMILES string of the molecule is [2H]C([2H])([2H])Oc1cc(OC2CCN(C)CC2(F)F)c2c(Oc3ccc4[nH]c(C)cc4c3F)ncnc2c1. The first kappa shape index (κ1) is 18.8. The lowest BCUT2D eigenvalue weighted by atomic mass is 10.0. The summed E-state index contributed by atoms with van der Waals surface area (Å²) >= 11 is 0. The standard InChI is InChI=1S/C24H23F3N4O3/c1-13-8-15-16(30-13)4-5-18(22(15)25)34-23-21-17(28-12-29-23)9-14(32-3)10-19(21)33-20-6-7-31(2)11-24(20,26)27/h4-5,8-10,12,20,30H,6-7,11H2,1-3H3/i3D3. The molecule has 1 atom stereocenters. The maximum atomic E-state index is 15.2. The van der Waals surface area contributed by atoms with E-state index in [2.05, 4.69) is 15.0 Å². The Kier molecular flexibility index (Phi) is 4.63. The monoisotopic (exact) mass is 475 g/mol. The minimum absolute atomic E-state index is 0.0113. The Morgan fingerprint density at radius 1 is 1.21 bits per heavy atom. The number of fused-ring (bicyclic) bond motifs is 2. The quantitative estimate of drug-likeness (QED) is 0.434. The van der Waals surface area contributed by atoms with Gasteiger partial charge in [0.2, 0.25) is 5.88 Å². The normalized spacial score (nSPS) is 20.0. The molecule has 4 aromatic rings. The molecule has 7 nitrogen and oxygen atoms in total. The van der Waals surface area contributed by atoms with Crippen LogP contribution in [-0.4, -0.2) is 59.1 Å². The fourth-order valence-corrected chi connectivity index (χ4v) is 4.19. The number of hydrogen-bond donors (Lipinski definition) is 1. The second-order valence-corrected chi connectivity index (χ2v) is 8.38. The summed E-state index contributed by atoms with van der Waals surface area (Å²) in [6.07, 6.45) is -0.377. The van der Waals surface area contributed by atoms with E-state index in [1.165, 1.54) is 23.1 Å². The third kappa shape index (κ3) is 3.98. The number of aromatic nitrogens is 3. The fraction of sp³-hybridized carbons (Fsp3) is 0.333. The molecule has 1 aliphatic heterocycles. The summed E-state index contributed by atoms with van der Waals surface area (Å²) in [5.74, 6) is -4.47. The predicted molar refractivity (Wildman–Crippen MR) is 121 cm³/mol. The molecule has 0 amide bonds. The number of rotatable bonds is 5. The van der Waals surface area contributed by atoms with Gasteiger partial charge in [0.05, 0.1) is 23.2 Å². The summed E-state index contributed by atoms with van der Waals surface area (Å²) in [6, 6.07) is 7.16. The van der Waals surface area contributed by atoms with Crippen molar-refractivity contribution in [3.63, 3.8) is 0 Å². The molecule has 0 radical (unpaired) electrons. The van der Waals surface area contributed by atoms with Crippen LogP contribution in [-0.2, 0) is 0 Å². The van der Waals surface area contributed by atoms with Gasteiger partial charge in [-0.25, -0.2) is 23.1 Å². The highest BCUT2D eigenvalue weighted by Crippen LogP contribution is 2.41. The predicted octanol–water partition coefficient (Wildman–Crippen LogP) is 5.08. The molecule has 1 saturated heterocycles. The second kappa shape index (κ2) is 8.35. The molecule has 1 N–H and O–H groups in total. The van der Waals surface area contributed by atoms with E-state index in [-0.39, 0.29) is 40.5 Å². The van der Waals surface area contributed by atoms with Crippen molar-refractivity contribution in [1.29, 1.82) is 0 Å². The van der Waals surface area contributed by atoms with Crippen LogP contribution in [0.5, 0.6) is 23.1 Å². The molecule has 1 unspecified atom stereocenters. The van der Waals surface area contributed by atoms with Crippen LogP contribution in [0, 0.1) is 12.7 Å². The first-order valence-electron chi connectivity index (χ1n) is 12.1. The number of hydrogen-bond acceptors (Lipinski definition) is 6. The average Bonchev–Trinajstić information content (AvgIpc) is 3.17. The van der Waals surface area contributed by atoms with E-state index >= 15 is 4.39 Å². The second-order valence-electron chi connectivity index (χ2n) is 8.38. The molecule has 0 saturated carbocycles. The molecular weight excluding hydrogens is 449 g/mol. The third-order valence-electron chi connectivity index (χ3n) is 5.80. The number of H-pyrrole nitrogens is 1. The zero-order valence-electron chi connectivity index (χ0n) is 21.4. The van der Waals surface area contributed by atoms with Crippen molar-refractivity contribution < 1.29 is 31.5 Å². The van der Waals surface area contributed by atoms with Crippen LogP contribution in [0.2, 0.25) is 0 Å². The fourth-order valence-electron chi connectivity index (χ4n) is 4.19. The van der Waals surface area contributed by atoms with Crippen molar-refractivity contribution >= 4 is 21.8 Å². The Balaban J connectivity index is 1.61. The Morgan fingerprint density at radius 3 is 2.85 bits per heavy atom. The van der Waals surface area contributed by atoms with E-state index < -0.39 is 31.4 Å². The molecule has 1 fully saturated rings. The number of nitrogens with one attached hydrogen (secondary N) is 1. The van der Waals surface area contributed by atoms with Crippen LogP contribution in [0.3, 0.4) is 0 Å². The Morgan fingerprint density at radius 2 is 2.06 bits per heavy atom. The number of aromatic amines is 1. The van der Waals surface area contributed by atoms with Crippen LogP contribution < -0.4 is 14.2 Å². The van der Waals surface area contributed by atoms with Crippen LogP contribution in [0.25, 0.3) is 21.8 Å². The van der Waals surface area contributed by atoms with Gasteiger partial charge in [-0.15, -0.1) is 0 Å². The van der Waals surface area contributed by atoms with Crippen LogP contribution in [0.15, 0.2) is 36.7 Å². The number of alkyl halides is 2. The summed E-state index contributed by atoms with van der Waals surface area (Å²) in [6.45, 7) is 1.65. The maximum Gasteiger partial charge on any atom is 0.296 e. The molecule has 3 heterocycles. The van der Waals surface area contributed by atoms with E-state index in [0.29, 0.717) is 17.4 Å². The Hall–Kier alpha value is -3.53. The van der Waals surface area contributed by atoms with Crippen molar-refractivity contribution in [2.24, 2.45) is 0 Å². The van der Waals surface area contributed by atoms with E-state index in [0.717, 1.165) is 12.0 Å². The lowest BCUT2D eigenvalue weighted by molar-refractivity contribution is -0.134. The summed E-state index contributed by atoms with van der Waals surface area (Å²) < 4.78 is 83.7. The van der Waals surface area contributed by atoms with Gasteiger partial charge in [0.15, 0.2) is 17.7 Å². The molecule has 0 aliphatic carbocycles. The highest BCUT2D eigenvalue weighted by atomic mass is 19.3. The number of aryl methyl sites for hydroxylation is 1. The number of likely N-dealkylation sites (tertiary alicyclic amines) is 1.